The van der Waals surface area contributed by atoms with Crippen molar-refractivity contribution in [2.24, 2.45) is 0 Å². The Morgan fingerprint density at radius 2 is 0.500 bits per heavy atom. The van der Waals surface area contributed by atoms with E-state index in [1.165, 1.54) is 0 Å². The van der Waals surface area contributed by atoms with Gasteiger partial charge in [0, 0.05) is 0 Å². The zero-order chi connectivity index (χ0) is 9.00. The monoisotopic (exact) mass is 436 g/mol. The van der Waals surface area contributed by atoms with Crippen molar-refractivity contribution in [2.75, 3.05) is 0 Å². The Balaban J connectivity index is -0.00000000314. The van der Waals surface area contributed by atoms with Gasteiger partial charge in [-0.3, -0.25) is 0 Å². The fourth-order valence-electron chi connectivity index (χ4n) is 0. The van der Waals surface area contributed by atoms with E-state index >= 15 is 0 Å². The molecule has 0 bridgehead atoms. The Morgan fingerprint density at radius 3 is 0.500 bits per heavy atom. The molecular formula is H6Ca6O8P2. The molecule has 76 valence electrons. The summed E-state index contributed by atoms with van der Waals surface area (Å²) < 4.78 is 17.1. The van der Waals surface area contributed by atoms with E-state index in [1.807, 2.05) is 0 Å². The van der Waals surface area contributed by atoms with E-state index in [9.17, 15) is 0 Å². The maximum Gasteiger partial charge on any atom is 2.00 e. The maximum atomic E-state index is 8.55. The second-order valence-corrected chi connectivity index (χ2v) is 2.68. The first-order valence-corrected chi connectivity index (χ1v) is 4.38. The third-order valence-corrected chi connectivity index (χ3v) is 0. The third-order valence-electron chi connectivity index (χ3n) is 0. The van der Waals surface area contributed by atoms with Gasteiger partial charge in [-0.25, -0.2) is 0 Å². The van der Waals surface area contributed by atoms with Crippen molar-refractivity contribution in [3.05, 3.63) is 0 Å². The van der Waals surface area contributed by atoms with Crippen LogP contribution in [-0.4, -0.2) is 226 Å². The van der Waals surface area contributed by atoms with Crippen molar-refractivity contribution < 1.29 is 47.1 Å². The Bertz CT molecular complexity index is 153. The van der Waals surface area contributed by atoms with Crippen molar-refractivity contribution in [1.82, 2.24) is 0 Å². The van der Waals surface area contributed by atoms with Crippen LogP contribution in [0.25, 0.3) is 0 Å². The number of hydrogen-bond acceptors (Lipinski definition) is 8. The molecule has 0 rings (SSSR count). The van der Waals surface area contributed by atoms with Gasteiger partial charge >= 0.3 is 226 Å². The Kier molecular flexibility index (Phi) is 85.5. The van der Waals surface area contributed by atoms with Crippen LogP contribution >= 0.6 is 15.6 Å². The molecule has 0 heterocycles. The summed E-state index contributed by atoms with van der Waals surface area (Å²) in [5.74, 6) is 0. The Morgan fingerprint density at radius 1 is 0.500 bits per heavy atom. The summed E-state index contributed by atoms with van der Waals surface area (Å²) in [6, 6.07) is 0. The molecule has 16 heteroatoms. The molecule has 0 amide bonds. The molecule has 0 aliphatic heterocycles. The SMILES string of the molecule is O=P([O-])([O-])[O-].O=P([O-])([O-])[O-].[Ca+2].[Ca+2].[Ca+2].[Ca+2].[Ca+2].[Ca+2].[H-].[H-].[H-].[H-].[H-].[H-]. The molecule has 16 heavy (non-hydrogen) atoms. The predicted molar refractivity (Wildman–Crippen MR) is 56.4 cm³/mol. The zero-order valence-corrected chi connectivity index (χ0v) is 23.4. The molecule has 0 aliphatic rings. The van der Waals surface area contributed by atoms with E-state index in [2.05, 4.69) is 0 Å². The molecule has 0 saturated heterocycles. The average Bonchev–Trinajstić information content (AvgIpc) is 1.12. The predicted octanol–water partition coefficient (Wildman–Crippen LogP) is -7.26. The standard InChI is InChI=1S/6Ca.2H3O4P.6H/c;;;;;;2*1-5(2,3)4;;;;;;/h;;;;;;2*(H3,1,2,3,4);;;;;;/q6*+2;;;6*-1/p-6. The van der Waals surface area contributed by atoms with Gasteiger partial charge in [-0.2, -0.15) is 15.6 Å². The van der Waals surface area contributed by atoms with Crippen molar-refractivity contribution >= 4 is 242 Å². The van der Waals surface area contributed by atoms with Crippen LogP contribution in [0.15, 0.2) is 0 Å². The van der Waals surface area contributed by atoms with E-state index in [0.717, 1.165) is 0 Å². The Hall–Kier alpha value is 7.78. The smallest absolute Gasteiger partial charge is 1.00 e. The summed E-state index contributed by atoms with van der Waals surface area (Å²) in [6.45, 7) is 0. The summed E-state index contributed by atoms with van der Waals surface area (Å²) in [6.07, 6.45) is 0. The molecule has 0 aromatic rings. The largest absolute Gasteiger partial charge is 2.00 e. The van der Waals surface area contributed by atoms with Crippen LogP contribution in [0.2, 0.25) is 0 Å². The zero-order valence-electron chi connectivity index (χ0n) is 14.4. The molecule has 0 unspecified atom stereocenters. The van der Waals surface area contributed by atoms with Gasteiger partial charge in [-0.1, -0.05) is 0 Å². The molecular weight excluding hydrogens is 430 g/mol. The minimum atomic E-state index is -5.39. The Labute approximate surface area is 281 Å². The van der Waals surface area contributed by atoms with Gasteiger partial charge in [0.05, 0.1) is 0 Å². The topological polar surface area (TPSA) is 172 Å². The minimum absolute atomic E-state index is 0. The summed E-state index contributed by atoms with van der Waals surface area (Å²) in [5, 5.41) is 0. The molecule has 0 atom stereocenters. The molecule has 0 radical (unpaired) electrons. The number of rotatable bonds is 0. The molecule has 0 aromatic carbocycles. The maximum absolute atomic E-state index is 8.55. The number of phosphoric acid groups is 2. The third kappa shape index (κ3) is 155. The van der Waals surface area contributed by atoms with Gasteiger partial charge in [0.25, 0.3) is 0 Å². The summed E-state index contributed by atoms with van der Waals surface area (Å²) in [7, 11) is -10.8. The van der Waals surface area contributed by atoms with Crippen molar-refractivity contribution in [3.63, 3.8) is 0 Å². The van der Waals surface area contributed by atoms with Crippen LogP contribution in [0.4, 0.5) is 0 Å². The van der Waals surface area contributed by atoms with Gasteiger partial charge in [-0.05, 0) is 0 Å². The van der Waals surface area contributed by atoms with E-state index in [1.54, 1.807) is 0 Å². The van der Waals surface area contributed by atoms with Crippen molar-refractivity contribution in [3.8, 4) is 0 Å². The van der Waals surface area contributed by atoms with Crippen LogP contribution in [0, 0.1) is 0 Å². The van der Waals surface area contributed by atoms with E-state index in [0.29, 0.717) is 0 Å². The normalized spacial score (nSPS) is 7.38. The minimum Gasteiger partial charge on any atom is -1.00 e. The molecule has 0 aromatic heterocycles. The summed E-state index contributed by atoms with van der Waals surface area (Å²) in [5.41, 5.74) is 0. The average molecular weight is 436 g/mol. The van der Waals surface area contributed by atoms with E-state index in [-0.39, 0.29) is 235 Å². The second kappa shape index (κ2) is 27.6. The fraction of sp³-hybridized carbons (Fsp3) is 0. The van der Waals surface area contributed by atoms with Gasteiger partial charge in [0.15, 0.2) is 0 Å². The first kappa shape index (κ1) is 49.6. The molecule has 0 N–H and O–H groups in total. The van der Waals surface area contributed by atoms with Crippen molar-refractivity contribution in [1.29, 1.82) is 0 Å². The van der Waals surface area contributed by atoms with Crippen molar-refractivity contribution in [2.45, 2.75) is 0 Å². The summed E-state index contributed by atoms with van der Waals surface area (Å²) >= 11 is 0. The van der Waals surface area contributed by atoms with Gasteiger partial charge < -0.3 is 47.1 Å². The molecule has 8 nitrogen and oxygen atoms in total. The molecule has 0 spiro atoms. The van der Waals surface area contributed by atoms with Gasteiger partial charge in [-0.15, -0.1) is 0 Å². The number of hydrogen-bond donors (Lipinski definition) is 0. The van der Waals surface area contributed by atoms with E-state index in [4.69, 9.17) is 38.5 Å². The van der Waals surface area contributed by atoms with E-state index < -0.39 is 15.6 Å². The van der Waals surface area contributed by atoms with Crippen LogP contribution in [0.1, 0.15) is 8.56 Å². The quantitative estimate of drug-likeness (QED) is 0.266. The van der Waals surface area contributed by atoms with Crippen LogP contribution in [0.3, 0.4) is 0 Å². The van der Waals surface area contributed by atoms with Crippen LogP contribution < -0.4 is 29.4 Å². The second-order valence-electron chi connectivity index (χ2n) is 0.894. The fourth-order valence-corrected chi connectivity index (χ4v) is 0. The first-order chi connectivity index (χ1) is 4.00. The molecule has 0 saturated carbocycles. The molecule has 0 aliphatic carbocycles. The van der Waals surface area contributed by atoms with Gasteiger partial charge in [0.2, 0.25) is 0 Å². The summed E-state index contributed by atoms with van der Waals surface area (Å²) in [4.78, 5) is 51.3. The van der Waals surface area contributed by atoms with Crippen LogP contribution in [0.5, 0.6) is 0 Å². The molecule has 0 fully saturated rings. The first-order valence-electron chi connectivity index (χ1n) is 1.46. The van der Waals surface area contributed by atoms with Gasteiger partial charge in [0.1, 0.15) is 0 Å². The van der Waals surface area contributed by atoms with Crippen LogP contribution in [-0.2, 0) is 9.13 Å².